The van der Waals surface area contributed by atoms with E-state index in [4.69, 9.17) is 14.2 Å². The molecule has 0 bridgehead atoms. The molecule has 5 atom stereocenters. The van der Waals surface area contributed by atoms with Crippen LogP contribution < -0.4 is 10.0 Å². The molecule has 16 heteroatoms. The topological polar surface area (TPSA) is 188 Å². The smallest absolute Gasteiger partial charge is 0.347 e. The third-order valence-electron chi connectivity index (χ3n) is 5.57. The van der Waals surface area contributed by atoms with Crippen LogP contribution in [0.5, 0.6) is 0 Å². The zero-order valence-corrected chi connectivity index (χ0v) is 24.3. The Kier molecular flexibility index (Phi) is 10.6. The monoisotopic (exact) mass is 596 g/mol. The Labute approximate surface area is 226 Å². The molecule has 2 rings (SSSR count). The van der Waals surface area contributed by atoms with Gasteiger partial charge in [-0.1, -0.05) is 25.6 Å². The zero-order valence-electron chi connectivity index (χ0n) is 21.8. The average molecular weight is 597 g/mol. The van der Waals surface area contributed by atoms with Crippen LogP contribution in [-0.2, 0) is 53.2 Å². The fourth-order valence-electron chi connectivity index (χ4n) is 3.39. The number of nitrogens with one attached hydrogen (secondary N) is 2. The average Bonchev–Trinajstić information content (AvgIpc) is 3.06. The number of hydrogen-bond donors (Lipinski definition) is 2. The minimum absolute atomic E-state index is 0.0314. The van der Waals surface area contributed by atoms with Crippen LogP contribution in [0.2, 0.25) is 0 Å². The van der Waals surface area contributed by atoms with Crippen LogP contribution in [0.4, 0.5) is 0 Å². The Morgan fingerprint density at radius 2 is 1.58 bits per heavy atom. The highest BCUT2D eigenvalue weighted by Crippen LogP contribution is 2.47. The van der Waals surface area contributed by atoms with E-state index in [1.807, 2.05) is 0 Å². The van der Waals surface area contributed by atoms with Crippen molar-refractivity contribution >= 4 is 55.4 Å². The number of sulfonamides is 1. The van der Waals surface area contributed by atoms with Gasteiger partial charge in [-0.3, -0.25) is 9.59 Å². The van der Waals surface area contributed by atoms with Crippen LogP contribution in [0, 0.1) is 0 Å². The second kappa shape index (κ2) is 12.6. The lowest BCUT2D eigenvalue weighted by Crippen LogP contribution is -2.42. The molecule has 0 fully saturated rings. The molecule has 13 nitrogen and oxygen atoms in total. The largest absolute Gasteiger partial charge is 0.451 e. The molecule has 38 heavy (non-hydrogen) atoms. The van der Waals surface area contributed by atoms with Gasteiger partial charge in [-0.05, 0) is 52.3 Å². The maximum Gasteiger partial charge on any atom is 0.347 e. The van der Waals surface area contributed by atoms with Crippen molar-refractivity contribution in [3.05, 3.63) is 20.1 Å². The Morgan fingerprint density at radius 1 is 1.03 bits per heavy atom. The number of sulfone groups is 1. The first-order valence-electron chi connectivity index (χ1n) is 11.8. The molecule has 0 aromatic carbocycles. The van der Waals surface area contributed by atoms with Crippen LogP contribution in [0.25, 0.3) is 0 Å². The van der Waals surface area contributed by atoms with Crippen molar-refractivity contribution < 1.29 is 50.2 Å². The van der Waals surface area contributed by atoms with E-state index in [1.54, 1.807) is 18.6 Å². The highest BCUT2D eigenvalue weighted by molar-refractivity contribution is 8.28. The molecule has 2 heterocycles. The van der Waals surface area contributed by atoms with Crippen molar-refractivity contribution in [2.24, 2.45) is 0 Å². The fourth-order valence-corrected chi connectivity index (χ4v) is 8.50. The quantitative estimate of drug-likeness (QED) is 0.250. The fraction of sp³-hybridized carbons (Fsp3) is 0.636. The molecule has 0 aromatic heterocycles. The Hall–Kier alpha value is -2.43. The van der Waals surface area contributed by atoms with E-state index in [1.165, 1.54) is 19.9 Å². The maximum atomic E-state index is 13.0. The van der Waals surface area contributed by atoms with E-state index in [2.05, 4.69) is 5.32 Å². The third-order valence-corrected chi connectivity index (χ3v) is 11.3. The summed E-state index contributed by atoms with van der Waals surface area (Å²) in [5.41, 5.74) is 0.569. The Bertz CT molecular complexity index is 1250. The summed E-state index contributed by atoms with van der Waals surface area (Å²) in [5, 5.41) is 2.34. The molecule has 2 aliphatic rings. The normalized spacial score (nSPS) is 22.8. The molecular formula is C22H32N2O11S3. The van der Waals surface area contributed by atoms with Crippen molar-refractivity contribution in [2.45, 2.75) is 84.0 Å². The van der Waals surface area contributed by atoms with Gasteiger partial charge in [-0.25, -0.2) is 31.1 Å². The number of carbonyl (C=O) groups excluding carboxylic acids is 4. The molecule has 2 N–H and O–H groups in total. The summed E-state index contributed by atoms with van der Waals surface area (Å²) in [6.07, 6.45) is -2.76. The second-order valence-corrected chi connectivity index (χ2v) is 14.1. The number of likely N-dealkylation sites (N-methyl/N-ethyl adjacent to an activating group) is 1. The zero-order chi connectivity index (χ0) is 29.0. The van der Waals surface area contributed by atoms with E-state index in [0.717, 1.165) is 13.8 Å². The number of hydrogen-bond acceptors (Lipinski definition) is 13. The van der Waals surface area contributed by atoms with Gasteiger partial charge in [0.25, 0.3) is 15.9 Å². The van der Waals surface area contributed by atoms with E-state index in [-0.39, 0.29) is 21.3 Å². The van der Waals surface area contributed by atoms with Crippen LogP contribution in [-0.4, -0.2) is 76.8 Å². The lowest BCUT2D eigenvalue weighted by atomic mass is 10.0. The first-order valence-corrected chi connectivity index (χ1v) is 15.7. The molecule has 214 valence electrons. The van der Waals surface area contributed by atoms with Gasteiger partial charge in [0.2, 0.25) is 0 Å². The molecule has 0 radical (unpaired) electrons. The van der Waals surface area contributed by atoms with Crippen molar-refractivity contribution in [3.8, 4) is 0 Å². The van der Waals surface area contributed by atoms with Crippen LogP contribution in [0.1, 0.15) is 54.4 Å². The Balaban J connectivity index is 2.05. The summed E-state index contributed by atoms with van der Waals surface area (Å²) >= 11 is 0.546. The number of amides is 1. The number of ether oxygens (including phenoxy) is 3. The van der Waals surface area contributed by atoms with Gasteiger partial charge in [-0.15, -0.1) is 0 Å². The summed E-state index contributed by atoms with van der Waals surface area (Å²) in [7, 11) is -8.24. The summed E-state index contributed by atoms with van der Waals surface area (Å²) < 4.78 is 67.3. The minimum atomic E-state index is -4.52. The van der Waals surface area contributed by atoms with Gasteiger partial charge >= 0.3 is 17.9 Å². The first-order chi connectivity index (χ1) is 17.5. The highest BCUT2D eigenvalue weighted by Gasteiger charge is 2.44. The molecule has 0 aromatic rings. The SMILES string of the molecule is CCN[C@H]1C=C(S(=O)(=O)NC(=O)[C@H](C)OC(=O)[C@H](C)OC(=O)[C@H](C)OC(=O)CC)SC2=C1C[C@H](C)S2(=O)=O. The molecule has 0 saturated heterocycles. The molecule has 0 saturated carbocycles. The van der Waals surface area contributed by atoms with Crippen LogP contribution in [0.3, 0.4) is 0 Å². The third kappa shape index (κ3) is 7.36. The first kappa shape index (κ1) is 31.8. The number of rotatable bonds is 11. The van der Waals surface area contributed by atoms with E-state index >= 15 is 0 Å². The minimum Gasteiger partial charge on any atom is -0.451 e. The van der Waals surface area contributed by atoms with Crippen molar-refractivity contribution in [1.82, 2.24) is 10.0 Å². The predicted octanol–water partition coefficient (Wildman–Crippen LogP) is 0.622. The molecule has 1 amide bonds. The summed E-state index contributed by atoms with van der Waals surface area (Å²) in [6.45, 7) is 8.81. The van der Waals surface area contributed by atoms with Crippen molar-refractivity contribution in [2.75, 3.05) is 6.54 Å². The van der Waals surface area contributed by atoms with Gasteiger partial charge in [0.05, 0.1) is 11.3 Å². The van der Waals surface area contributed by atoms with Crippen molar-refractivity contribution in [1.29, 1.82) is 0 Å². The van der Waals surface area contributed by atoms with Crippen LogP contribution in [0.15, 0.2) is 20.1 Å². The summed E-state index contributed by atoms with van der Waals surface area (Å²) in [5.74, 6) is -4.01. The molecule has 0 unspecified atom stereocenters. The van der Waals surface area contributed by atoms with Crippen LogP contribution >= 0.6 is 11.8 Å². The molecular weight excluding hydrogens is 564 g/mol. The van der Waals surface area contributed by atoms with E-state index in [0.29, 0.717) is 23.9 Å². The lowest BCUT2D eigenvalue weighted by Gasteiger charge is -2.23. The van der Waals surface area contributed by atoms with E-state index < -0.39 is 73.3 Å². The summed E-state index contributed by atoms with van der Waals surface area (Å²) in [4.78, 5) is 48.1. The predicted molar refractivity (Wildman–Crippen MR) is 137 cm³/mol. The molecule has 2 aliphatic heterocycles. The molecule has 0 aliphatic carbocycles. The van der Waals surface area contributed by atoms with Gasteiger partial charge in [0.15, 0.2) is 28.1 Å². The highest BCUT2D eigenvalue weighted by atomic mass is 32.3. The van der Waals surface area contributed by atoms with Gasteiger partial charge < -0.3 is 19.5 Å². The number of esters is 3. The standard InChI is InChI=1S/C22H32N2O11S3/c1-7-17(25)33-13(5)20(27)35-14(6)21(28)34-12(4)19(26)24-38(31,32)18-10-16(23-8-2)15-9-11(3)37(29,30)22(15)36-18/h10-14,16,23H,7-9H2,1-6H3,(H,24,26)/t11-,12-,13-,14-,16-/m0/s1. The number of thioether (sulfide) groups is 1. The van der Waals surface area contributed by atoms with Crippen molar-refractivity contribution in [3.63, 3.8) is 0 Å². The second-order valence-electron chi connectivity index (χ2n) is 8.61. The van der Waals surface area contributed by atoms with E-state index in [9.17, 15) is 36.0 Å². The maximum absolute atomic E-state index is 13.0. The Morgan fingerprint density at radius 3 is 2.13 bits per heavy atom. The van der Waals surface area contributed by atoms with Gasteiger partial charge in [0.1, 0.15) is 8.47 Å². The van der Waals surface area contributed by atoms with Gasteiger partial charge in [0, 0.05) is 6.42 Å². The van der Waals surface area contributed by atoms with Gasteiger partial charge in [-0.2, -0.15) is 0 Å². The molecule has 0 spiro atoms. The summed E-state index contributed by atoms with van der Waals surface area (Å²) in [6, 6.07) is -0.651. The number of carbonyl (C=O) groups is 4. The lowest BCUT2D eigenvalue weighted by molar-refractivity contribution is -0.179.